The van der Waals surface area contributed by atoms with Crippen LogP contribution in [0.3, 0.4) is 0 Å². The zero-order chi connectivity index (χ0) is 28.7. The van der Waals surface area contributed by atoms with E-state index in [4.69, 9.17) is 24.7 Å². The van der Waals surface area contributed by atoms with E-state index in [2.05, 4.69) is 20.8 Å². The van der Waals surface area contributed by atoms with Gasteiger partial charge in [-0.1, -0.05) is 39.3 Å². The predicted octanol–water partition coefficient (Wildman–Crippen LogP) is 4.35. The Labute approximate surface area is 226 Å². The van der Waals surface area contributed by atoms with E-state index in [-0.39, 0.29) is 25.0 Å². The fourth-order valence-electron chi connectivity index (χ4n) is 6.39. The van der Waals surface area contributed by atoms with E-state index < -0.39 is 59.3 Å². The van der Waals surface area contributed by atoms with E-state index in [1.54, 1.807) is 0 Å². The van der Waals surface area contributed by atoms with E-state index in [9.17, 15) is 23.9 Å². The Morgan fingerprint density at radius 1 is 1.10 bits per heavy atom. The van der Waals surface area contributed by atoms with Crippen LogP contribution in [0, 0.1) is 35.4 Å². The van der Waals surface area contributed by atoms with Crippen molar-refractivity contribution < 1.29 is 47.2 Å². The number of nitrogens with two attached hydrogens (primary N) is 1. The van der Waals surface area contributed by atoms with E-state index in [0.717, 1.165) is 12.8 Å². The Morgan fingerprint density at radius 3 is 2.38 bits per heavy atom. The average Bonchev–Trinajstić information content (AvgIpc) is 3.33. The number of hydrogen-bond acceptors (Lipinski definition) is 8. The van der Waals surface area contributed by atoms with Crippen LogP contribution in [-0.4, -0.2) is 52.9 Å². The molecule has 9 atom stereocenters. The molecule has 216 valence electrons. The first-order chi connectivity index (χ1) is 18.3. The zero-order valence-corrected chi connectivity index (χ0v) is 22.6. The summed E-state index contributed by atoms with van der Waals surface area (Å²) in [5.74, 6) is -4.86. The van der Waals surface area contributed by atoms with E-state index in [0.29, 0.717) is 23.8 Å². The first-order valence-electron chi connectivity index (χ1n) is 13.4. The highest BCUT2D eigenvalue weighted by Gasteiger charge is 2.85. The van der Waals surface area contributed by atoms with Crippen molar-refractivity contribution in [3.05, 3.63) is 35.6 Å². The van der Waals surface area contributed by atoms with Crippen LogP contribution in [-0.2, 0) is 35.1 Å². The average molecular weight is 554 g/mol. The highest BCUT2D eigenvalue weighted by molar-refractivity contribution is 5.91. The lowest BCUT2D eigenvalue weighted by Crippen LogP contribution is -2.61. The quantitative estimate of drug-likeness (QED) is 0.338. The molecule has 1 aromatic rings. The van der Waals surface area contributed by atoms with Gasteiger partial charge < -0.3 is 29.8 Å². The van der Waals surface area contributed by atoms with Gasteiger partial charge >= 0.3 is 18.1 Å². The van der Waals surface area contributed by atoms with Gasteiger partial charge in [0.05, 0.1) is 12.7 Å². The smallest absolute Gasteiger partial charge is 0.479 e. The van der Waals surface area contributed by atoms with Gasteiger partial charge in [0.2, 0.25) is 12.0 Å². The third-order valence-corrected chi connectivity index (χ3v) is 8.59. The molecule has 3 N–H and O–H groups in total. The molecule has 39 heavy (non-hydrogen) atoms. The van der Waals surface area contributed by atoms with Crippen molar-refractivity contribution in [1.82, 2.24) is 0 Å². The maximum Gasteiger partial charge on any atom is 0.511 e. The number of aliphatic carboxylic acids is 1. The van der Waals surface area contributed by atoms with Crippen LogP contribution in [0.1, 0.15) is 58.9 Å². The fourth-order valence-corrected chi connectivity index (χ4v) is 6.39. The van der Waals surface area contributed by atoms with E-state index in [1.165, 1.54) is 31.2 Å². The maximum atomic E-state index is 15.2. The minimum atomic E-state index is -2.70. The summed E-state index contributed by atoms with van der Waals surface area (Å²) in [4.78, 5) is 37.4. The molecule has 0 saturated heterocycles. The topological polar surface area (TPSA) is 134 Å². The van der Waals surface area contributed by atoms with Crippen LogP contribution in [0.15, 0.2) is 24.3 Å². The summed E-state index contributed by atoms with van der Waals surface area (Å²) >= 11 is 0. The van der Waals surface area contributed by atoms with Crippen molar-refractivity contribution in [2.45, 2.75) is 89.7 Å². The van der Waals surface area contributed by atoms with Crippen LogP contribution in [0.25, 0.3) is 0 Å². The summed E-state index contributed by atoms with van der Waals surface area (Å²) in [6.07, 6.45) is -1.32. The van der Waals surface area contributed by atoms with Crippen LogP contribution >= 0.6 is 0 Å². The molecule has 3 fully saturated rings. The van der Waals surface area contributed by atoms with Gasteiger partial charge in [0, 0.05) is 18.8 Å². The van der Waals surface area contributed by atoms with Gasteiger partial charge in [0.25, 0.3) is 0 Å². The molecule has 9 nitrogen and oxygen atoms in total. The molecule has 3 saturated carbocycles. The molecule has 0 bridgehead atoms. The Bertz CT molecular complexity index is 1080. The van der Waals surface area contributed by atoms with Crippen molar-refractivity contribution in [3.63, 3.8) is 0 Å². The number of hydrogen-bond donors (Lipinski definition) is 2. The molecule has 0 amide bonds. The number of esters is 1. The minimum absolute atomic E-state index is 0.0712. The number of carboxylic acid groups (broad SMARTS) is 1. The number of benzene rings is 1. The lowest BCUT2D eigenvalue weighted by atomic mass is 9.75. The number of halogens is 2. The Morgan fingerprint density at radius 2 is 1.77 bits per heavy atom. The van der Waals surface area contributed by atoms with E-state index in [1.807, 2.05) is 0 Å². The second kappa shape index (κ2) is 11.0. The molecule has 0 spiro atoms. The van der Waals surface area contributed by atoms with Gasteiger partial charge in [-0.3, -0.25) is 0 Å². The first-order valence-corrected chi connectivity index (χ1v) is 13.4. The minimum Gasteiger partial charge on any atom is -0.479 e. The number of alkyl halides is 1. The lowest BCUT2D eigenvalue weighted by Gasteiger charge is -2.36. The molecule has 1 unspecified atom stereocenters. The third-order valence-electron chi connectivity index (χ3n) is 8.59. The molecule has 0 heterocycles. The number of carbonyl (C=O) groups is 3. The molecule has 1 aromatic carbocycles. The summed E-state index contributed by atoms with van der Waals surface area (Å²) in [5, 5.41) is 9.44. The molecule has 0 aromatic heterocycles. The fraction of sp³-hybridized carbons (Fsp3) is 0.679. The normalized spacial score (nSPS) is 36.1. The first kappa shape index (κ1) is 29.2. The summed E-state index contributed by atoms with van der Waals surface area (Å²) in [6.45, 7) is 7.44. The highest BCUT2D eigenvalue weighted by Crippen LogP contribution is 2.67. The molecule has 11 heteroatoms. The van der Waals surface area contributed by atoms with Crippen molar-refractivity contribution in [2.75, 3.05) is 0 Å². The van der Waals surface area contributed by atoms with Crippen LogP contribution in [0.4, 0.5) is 13.6 Å². The second-order valence-electron chi connectivity index (χ2n) is 11.6. The van der Waals surface area contributed by atoms with Crippen LogP contribution in [0.2, 0.25) is 0 Å². The van der Waals surface area contributed by atoms with Gasteiger partial charge in [0.1, 0.15) is 17.5 Å². The second-order valence-corrected chi connectivity index (χ2v) is 11.6. The van der Waals surface area contributed by atoms with Gasteiger partial charge in [-0.25, -0.2) is 23.2 Å². The molecule has 4 rings (SSSR count). The molecular formula is C28H37F2NO8. The maximum absolute atomic E-state index is 15.2. The SMILES string of the molecule is CC(OC(=O)O[C@@H]1C[C@H](C)CC[C@H]1C(C)C)OC(=O)[C@@]1(N)[C@H]2[C@@H](C[C@H]1OCc1ccc(F)cc1)[C@]2(F)C(=O)O. The Kier molecular flexibility index (Phi) is 8.23. The molecular weight excluding hydrogens is 516 g/mol. The summed E-state index contributed by atoms with van der Waals surface area (Å²) in [5.41, 5.74) is 2.12. The number of ether oxygens (including phenoxy) is 4. The van der Waals surface area contributed by atoms with Gasteiger partial charge in [-0.05, 0) is 54.7 Å². The number of carboxylic acids is 1. The number of fused-ring (bicyclic) bond motifs is 1. The van der Waals surface area contributed by atoms with Gasteiger partial charge in [-0.15, -0.1) is 0 Å². The number of rotatable bonds is 9. The summed E-state index contributed by atoms with van der Waals surface area (Å²) in [6, 6.07) is 5.44. The third kappa shape index (κ3) is 5.61. The predicted molar refractivity (Wildman–Crippen MR) is 133 cm³/mol. The molecule has 0 radical (unpaired) electrons. The summed E-state index contributed by atoms with van der Waals surface area (Å²) < 4.78 is 50.3. The van der Waals surface area contributed by atoms with Crippen molar-refractivity contribution in [1.29, 1.82) is 0 Å². The lowest BCUT2D eigenvalue weighted by molar-refractivity contribution is -0.184. The van der Waals surface area contributed by atoms with E-state index >= 15 is 4.39 Å². The van der Waals surface area contributed by atoms with Gasteiger partial charge in [-0.2, -0.15) is 0 Å². The standard InChI is InChI=1S/C28H37F2NO8/c1-14(2)19-10-5-15(3)11-21(19)39-26(35)38-16(4)37-25(34)28(31)22(12-20-23(28)27(20,30)24(32)33)36-13-17-6-8-18(29)9-7-17/h6-9,14-16,19-23H,5,10-13,31H2,1-4H3,(H,32,33)/t15-,16?,19+,20-,21-,22-,23+,27-,28+/m1/s1. The highest BCUT2D eigenvalue weighted by atomic mass is 19.1. The molecule has 3 aliphatic carbocycles. The van der Waals surface area contributed by atoms with Crippen LogP contribution < -0.4 is 5.73 Å². The zero-order valence-electron chi connectivity index (χ0n) is 22.6. The van der Waals surface area contributed by atoms with Crippen molar-refractivity contribution >= 4 is 18.1 Å². The Hall–Kier alpha value is -2.79. The van der Waals surface area contributed by atoms with Crippen LogP contribution in [0.5, 0.6) is 0 Å². The van der Waals surface area contributed by atoms with Crippen molar-refractivity contribution in [3.8, 4) is 0 Å². The largest absolute Gasteiger partial charge is 0.511 e. The molecule has 0 aliphatic heterocycles. The molecule has 3 aliphatic rings. The van der Waals surface area contributed by atoms with Gasteiger partial charge in [0.15, 0.2) is 0 Å². The monoisotopic (exact) mass is 553 g/mol. The Balaban J connectivity index is 1.41. The number of carbonyl (C=O) groups excluding carboxylic acids is 2. The summed E-state index contributed by atoms with van der Waals surface area (Å²) in [7, 11) is 0. The van der Waals surface area contributed by atoms with Crippen molar-refractivity contribution in [2.24, 2.45) is 35.3 Å².